The molecule has 2 nitrogen and oxygen atoms in total. The van der Waals surface area contributed by atoms with Crippen LogP contribution in [0.25, 0.3) is 0 Å². The van der Waals surface area contributed by atoms with Crippen molar-refractivity contribution in [3.05, 3.63) is 0 Å². The summed E-state index contributed by atoms with van der Waals surface area (Å²) in [6.45, 7) is 4.27. The Morgan fingerprint density at radius 3 is 2.90 bits per heavy atom. The van der Waals surface area contributed by atoms with Gasteiger partial charge in [-0.05, 0) is 19.3 Å². The van der Waals surface area contributed by atoms with Gasteiger partial charge in [-0.15, -0.1) is 0 Å². The Morgan fingerprint density at radius 2 is 2.40 bits per heavy atom. The molecule has 0 radical (unpaired) electrons. The Morgan fingerprint density at radius 1 is 1.70 bits per heavy atom. The monoisotopic (exact) mass is 141 g/mol. The Hall–Kier alpha value is -0.530. The number of nitrogens with one attached hydrogen (secondary N) is 1. The van der Waals surface area contributed by atoms with Gasteiger partial charge in [0, 0.05) is 12.5 Å². The first-order chi connectivity index (χ1) is 4.74. The van der Waals surface area contributed by atoms with Crippen LogP contribution in [-0.4, -0.2) is 11.9 Å². The summed E-state index contributed by atoms with van der Waals surface area (Å²) in [5, 5.41) is 2.94. The lowest BCUT2D eigenvalue weighted by Crippen LogP contribution is -2.42. The largest absolute Gasteiger partial charge is 0.353 e. The van der Waals surface area contributed by atoms with E-state index in [-0.39, 0.29) is 5.91 Å². The Labute approximate surface area is 62.0 Å². The molecule has 10 heavy (non-hydrogen) atoms. The maximum atomic E-state index is 10.8. The fourth-order valence-electron chi connectivity index (χ4n) is 1.57. The second-order valence-corrected chi connectivity index (χ2v) is 3.06. The van der Waals surface area contributed by atoms with Crippen molar-refractivity contribution >= 4 is 5.91 Å². The molecule has 0 spiro atoms. The van der Waals surface area contributed by atoms with E-state index in [0.717, 1.165) is 12.8 Å². The van der Waals surface area contributed by atoms with E-state index < -0.39 is 0 Å². The van der Waals surface area contributed by atoms with Crippen molar-refractivity contribution in [3.8, 4) is 0 Å². The fourth-order valence-corrected chi connectivity index (χ4v) is 1.57. The Bertz CT molecular complexity index is 133. The molecule has 0 aromatic heterocycles. The van der Waals surface area contributed by atoms with Gasteiger partial charge in [0.05, 0.1) is 0 Å². The fraction of sp³-hybridized carbons (Fsp3) is 0.875. The van der Waals surface area contributed by atoms with Crippen molar-refractivity contribution in [2.24, 2.45) is 5.92 Å². The maximum absolute atomic E-state index is 10.8. The molecule has 58 valence electrons. The van der Waals surface area contributed by atoms with Crippen LogP contribution >= 0.6 is 0 Å². The molecule has 1 fully saturated rings. The number of carbonyl (C=O) groups excluding carboxylic acids is 1. The SMILES string of the molecule is CCC1CCC(=O)NC1C. The Balaban J connectivity index is 2.43. The molecule has 1 heterocycles. The van der Waals surface area contributed by atoms with Crippen LogP contribution in [0.3, 0.4) is 0 Å². The van der Waals surface area contributed by atoms with Crippen molar-refractivity contribution in [3.63, 3.8) is 0 Å². The van der Waals surface area contributed by atoms with Crippen LogP contribution in [0.4, 0.5) is 0 Å². The van der Waals surface area contributed by atoms with E-state index in [0.29, 0.717) is 12.0 Å². The topological polar surface area (TPSA) is 29.1 Å². The highest BCUT2D eigenvalue weighted by Gasteiger charge is 2.22. The number of piperidine rings is 1. The molecule has 0 aromatic rings. The number of hydrogen-bond donors (Lipinski definition) is 1. The minimum absolute atomic E-state index is 0.220. The maximum Gasteiger partial charge on any atom is 0.220 e. The second-order valence-electron chi connectivity index (χ2n) is 3.06. The Kier molecular flexibility index (Phi) is 2.30. The predicted molar refractivity (Wildman–Crippen MR) is 40.6 cm³/mol. The predicted octanol–water partition coefficient (Wildman–Crippen LogP) is 1.31. The van der Waals surface area contributed by atoms with Crippen LogP contribution < -0.4 is 5.32 Å². The number of amides is 1. The first kappa shape index (κ1) is 7.58. The zero-order valence-corrected chi connectivity index (χ0v) is 6.68. The lowest BCUT2D eigenvalue weighted by molar-refractivity contribution is -0.124. The molecule has 2 atom stereocenters. The highest BCUT2D eigenvalue weighted by atomic mass is 16.1. The van der Waals surface area contributed by atoms with Crippen LogP contribution in [0.1, 0.15) is 33.1 Å². The molecule has 1 aliphatic heterocycles. The first-order valence-electron chi connectivity index (χ1n) is 4.03. The van der Waals surface area contributed by atoms with Crippen molar-refractivity contribution in [1.29, 1.82) is 0 Å². The van der Waals surface area contributed by atoms with Crippen molar-refractivity contribution < 1.29 is 4.79 Å². The molecular formula is C8H15NO. The molecule has 1 N–H and O–H groups in total. The molecule has 0 aromatic carbocycles. The van der Waals surface area contributed by atoms with Gasteiger partial charge in [-0.2, -0.15) is 0 Å². The summed E-state index contributed by atoms with van der Waals surface area (Å²) in [6.07, 6.45) is 2.98. The zero-order valence-electron chi connectivity index (χ0n) is 6.68. The van der Waals surface area contributed by atoms with Crippen molar-refractivity contribution in [1.82, 2.24) is 5.32 Å². The molecule has 1 saturated heterocycles. The average molecular weight is 141 g/mol. The van der Waals surface area contributed by atoms with Gasteiger partial charge in [-0.3, -0.25) is 4.79 Å². The molecule has 2 heteroatoms. The van der Waals surface area contributed by atoms with E-state index in [2.05, 4.69) is 19.2 Å². The standard InChI is InChI=1S/C8H15NO/c1-3-7-4-5-8(10)9-6(7)2/h6-7H,3-5H2,1-2H3,(H,9,10). The second kappa shape index (κ2) is 3.04. The van der Waals surface area contributed by atoms with Gasteiger partial charge >= 0.3 is 0 Å². The first-order valence-corrected chi connectivity index (χ1v) is 4.03. The van der Waals surface area contributed by atoms with Crippen molar-refractivity contribution in [2.75, 3.05) is 0 Å². The molecule has 0 bridgehead atoms. The summed E-state index contributed by atoms with van der Waals surface area (Å²) in [5.41, 5.74) is 0. The zero-order chi connectivity index (χ0) is 7.56. The molecule has 0 saturated carbocycles. The molecular weight excluding hydrogens is 126 g/mol. The summed E-state index contributed by atoms with van der Waals surface area (Å²) >= 11 is 0. The van der Waals surface area contributed by atoms with E-state index in [9.17, 15) is 4.79 Å². The van der Waals surface area contributed by atoms with Crippen LogP contribution in [-0.2, 0) is 4.79 Å². The lowest BCUT2D eigenvalue weighted by Gasteiger charge is -2.28. The van der Waals surface area contributed by atoms with Gasteiger partial charge in [-0.1, -0.05) is 13.3 Å². The van der Waals surface area contributed by atoms with Crippen LogP contribution in [0.15, 0.2) is 0 Å². The minimum Gasteiger partial charge on any atom is -0.353 e. The third-order valence-electron chi connectivity index (χ3n) is 2.36. The smallest absolute Gasteiger partial charge is 0.220 e. The third kappa shape index (κ3) is 1.49. The highest BCUT2D eigenvalue weighted by molar-refractivity contribution is 5.77. The molecule has 1 amide bonds. The van der Waals surface area contributed by atoms with E-state index in [1.165, 1.54) is 6.42 Å². The van der Waals surface area contributed by atoms with Gasteiger partial charge in [0.2, 0.25) is 5.91 Å². The molecule has 2 unspecified atom stereocenters. The van der Waals surface area contributed by atoms with Gasteiger partial charge in [0.25, 0.3) is 0 Å². The van der Waals surface area contributed by atoms with Crippen LogP contribution in [0, 0.1) is 5.92 Å². The van der Waals surface area contributed by atoms with E-state index >= 15 is 0 Å². The van der Waals surface area contributed by atoms with Crippen molar-refractivity contribution in [2.45, 2.75) is 39.2 Å². The van der Waals surface area contributed by atoms with E-state index in [4.69, 9.17) is 0 Å². The van der Waals surface area contributed by atoms with Crippen LogP contribution in [0.2, 0.25) is 0 Å². The van der Waals surface area contributed by atoms with E-state index in [1.807, 2.05) is 0 Å². The summed E-state index contributed by atoms with van der Waals surface area (Å²) in [5.74, 6) is 0.926. The van der Waals surface area contributed by atoms with Gasteiger partial charge in [0.15, 0.2) is 0 Å². The number of carbonyl (C=O) groups is 1. The number of hydrogen-bond acceptors (Lipinski definition) is 1. The third-order valence-corrected chi connectivity index (χ3v) is 2.36. The van der Waals surface area contributed by atoms with E-state index in [1.54, 1.807) is 0 Å². The summed E-state index contributed by atoms with van der Waals surface area (Å²) in [6, 6.07) is 0.395. The summed E-state index contributed by atoms with van der Waals surface area (Å²) < 4.78 is 0. The van der Waals surface area contributed by atoms with Gasteiger partial charge < -0.3 is 5.32 Å². The molecule has 0 aliphatic carbocycles. The quantitative estimate of drug-likeness (QED) is 0.586. The molecule has 1 aliphatic rings. The van der Waals surface area contributed by atoms with Crippen LogP contribution in [0.5, 0.6) is 0 Å². The number of rotatable bonds is 1. The van der Waals surface area contributed by atoms with Gasteiger partial charge in [0.1, 0.15) is 0 Å². The molecule has 1 rings (SSSR count). The average Bonchev–Trinajstić information content (AvgIpc) is 1.88. The summed E-state index contributed by atoms with van der Waals surface area (Å²) in [4.78, 5) is 10.8. The lowest BCUT2D eigenvalue weighted by atomic mass is 9.90. The minimum atomic E-state index is 0.220. The highest BCUT2D eigenvalue weighted by Crippen LogP contribution is 2.19. The van der Waals surface area contributed by atoms with Gasteiger partial charge in [-0.25, -0.2) is 0 Å². The normalized spacial score (nSPS) is 33.6. The summed E-state index contributed by atoms with van der Waals surface area (Å²) in [7, 11) is 0.